The molecule has 13 heavy (non-hydrogen) atoms. The average molecular weight is 178 g/mol. The lowest BCUT2D eigenvalue weighted by Crippen LogP contribution is -2.08. The highest BCUT2D eigenvalue weighted by atomic mass is 19.1. The van der Waals surface area contributed by atoms with Crippen molar-refractivity contribution in [3.63, 3.8) is 0 Å². The molecular weight excluding hydrogens is 167 g/mol. The van der Waals surface area contributed by atoms with E-state index in [1.165, 1.54) is 12.1 Å². The number of nitriles is 1. The van der Waals surface area contributed by atoms with Crippen LogP contribution < -0.4 is 5.73 Å². The van der Waals surface area contributed by atoms with Gasteiger partial charge in [0.05, 0.1) is 5.56 Å². The van der Waals surface area contributed by atoms with E-state index >= 15 is 0 Å². The first-order valence-electron chi connectivity index (χ1n) is 4.14. The molecule has 2 nitrogen and oxygen atoms in total. The summed E-state index contributed by atoms with van der Waals surface area (Å²) in [6.07, 6.45) is 0.774. The van der Waals surface area contributed by atoms with Gasteiger partial charge in [0, 0.05) is 6.04 Å². The molecule has 3 heteroatoms. The third-order valence-electron chi connectivity index (χ3n) is 1.98. The smallest absolute Gasteiger partial charge is 0.140 e. The van der Waals surface area contributed by atoms with E-state index in [-0.39, 0.29) is 11.6 Å². The summed E-state index contributed by atoms with van der Waals surface area (Å²) in [4.78, 5) is 0. The molecule has 0 radical (unpaired) electrons. The maximum absolute atomic E-state index is 12.9. The molecule has 0 spiro atoms. The van der Waals surface area contributed by atoms with Gasteiger partial charge in [-0.05, 0) is 24.1 Å². The van der Waals surface area contributed by atoms with Gasteiger partial charge in [-0.15, -0.1) is 0 Å². The predicted octanol–water partition coefficient (Wildman–Crippen LogP) is 2.11. The van der Waals surface area contributed by atoms with Crippen LogP contribution in [0.25, 0.3) is 0 Å². The average Bonchev–Trinajstić information content (AvgIpc) is 2.17. The summed E-state index contributed by atoms with van der Waals surface area (Å²) in [7, 11) is 0. The summed E-state index contributed by atoms with van der Waals surface area (Å²) < 4.78 is 12.9. The van der Waals surface area contributed by atoms with E-state index in [2.05, 4.69) is 0 Å². The predicted molar refractivity (Wildman–Crippen MR) is 48.3 cm³/mol. The Morgan fingerprint density at radius 3 is 2.85 bits per heavy atom. The second kappa shape index (κ2) is 4.01. The van der Waals surface area contributed by atoms with E-state index in [0.29, 0.717) is 0 Å². The van der Waals surface area contributed by atoms with Crippen molar-refractivity contribution in [2.45, 2.75) is 19.4 Å². The normalized spacial score (nSPS) is 12.2. The van der Waals surface area contributed by atoms with E-state index in [0.717, 1.165) is 12.0 Å². The lowest BCUT2D eigenvalue weighted by Gasteiger charge is -2.08. The van der Waals surface area contributed by atoms with Crippen LogP contribution >= 0.6 is 0 Å². The molecule has 0 saturated carbocycles. The van der Waals surface area contributed by atoms with Gasteiger partial charge in [0.25, 0.3) is 0 Å². The van der Waals surface area contributed by atoms with Crippen molar-refractivity contribution in [3.05, 3.63) is 35.1 Å². The first-order valence-corrected chi connectivity index (χ1v) is 4.14. The van der Waals surface area contributed by atoms with Crippen LogP contribution in [0.5, 0.6) is 0 Å². The first-order chi connectivity index (χ1) is 6.19. The molecule has 0 aliphatic heterocycles. The van der Waals surface area contributed by atoms with Gasteiger partial charge >= 0.3 is 0 Å². The Bertz CT molecular complexity index is 341. The highest BCUT2D eigenvalue weighted by Gasteiger charge is 2.07. The molecule has 1 unspecified atom stereocenters. The number of nitrogens with zero attached hydrogens (tertiary/aromatic N) is 1. The van der Waals surface area contributed by atoms with Gasteiger partial charge in [0.1, 0.15) is 11.9 Å². The van der Waals surface area contributed by atoms with Gasteiger partial charge < -0.3 is 5.73 Å². The zero-order chi connectivity index (χ0) is 9.84. The highest BCUT2D eigenvalue weighted by Crippen LogP contribution is 2.16. The molecule has 0 aliphatic rings. The summed E-state index contributed by atoms with van der Waals surface area (Å²) in [5, 5.41) is 8.57. The van der Waals surface area contributed by atoms with Crippen LogP contribution in [0.2, 0.25) is 0 Å². The third kappa shape index (κ3) is 2.04. The monoisotopic (exact) mass is 178 g/mol. The van der Waals surface area contributed by atoms with Crippen molar-refractivity contribution in [3.8, 4) is 6.07 Å². The van der Waals surface area contributed by atoms with Crippen LogP contribution in [0.1, 0.15) is 30.5 Å². The van der Waals surface area contributed by atoms with Gasteiger partial charge in [-0.1, -0.05) is 13.0 Å². The lowest BCUT2D eigenvalue weighted by molar-refractivity contribution is 0.619. The molecule has 0 fully saturated rings. The quantitative estimate of drug-likeness (QED) is 0.754. The van der Waals surface area contributed by atoms with Crippen LogP contribution in [0.3, 0.4) is 0 Å². The Morgan fingerprint density at radius 1 is 1.62 bits per heavy atom. The topological polar surface area (TPSA) is 49.8 Å². The maximum Gasteiger partial charge on any atom is 0.140 e. The number of nitrogens with two attached hydrogens (primary N) is 1. The maximum atomic E-state index is 12.9. The standard InChI is InChI=1S/C10H11FN2/c1-2-10(13)7-3-4-9(11)8(5-7)6-12/h3-5,10H,2,13H2,1H3. The van der Waals surface area contributed by atoms with Crippen LogP contribution in [-0.4, -0.2) is 0 Å². The molecule has 68 valence electrons. The van der Waals surface area contributed by atoms with Gasteiger partial charge in [0.2, 0.25) is 0 Å². The molecule has 0 bridgehead atoms. The molecule has 1 aromatic rings. The SMILES string of the molecule is CCC(N)c1ccc(F)c(C#N)c1. The van der Waals surface area contributed by atoms with E-state index in [1.54, 1.807) is 12.1 Å². The molecule has 1 rings (SSSR count). The van der Waals surface area contributed by atoms with Gasteiger partial charge in [0.15, 0.2) is 0 Å². The van der Waals surface area contributed by atoms with Crippen molar-refractivity contribution >= 4 is 0 Å². The van der Waals surface area contributed by atoms with E-state index in [1.807, 2.05) is 6.92 Å². The number of rotatable bonds is 2. The van der Waals surface area contributed by atoms with Gasteiger partial charge in [-0.2, -0.15) is 5.26 Å². The molecule has 0 heterocycles. The molecular formula is C10H11FN2. The summed E-state index contributed by atoms with van der Waals surface area (Å²) in [6.45, 7) is 1.94. The lowest BCUT2D eigenvalue weighted by atomic mass is 10.0. The summed E-state index contributed by atoms with van der Waals surface area (Å²) in [5.74, 6) is -0.491. The summed E-state index contributed by atoms with van der Waals surface area (Å²) in [6, 6.07) is 6.07. The van der Waals surface area contributed by atoms with Crippen molar-refractivity contribution in [2.75, 3.05) is 0 Å². The molecule has 1 atom stereocenters. The molecule has 0 aromatic heterocycles. The fourth-order valence-electron chi connectivity index (χ4n) is 1.09. The number of hydrogen-bond acceptors (Lipinski definition) is 2. The fraction of sp³-hybridized carbons (Fsp3) is 0.300. The second-order valence-electron chi connectivity index (χ2n) is 2.87. The third-order valence-corrected chi connectivity index (χ3v) is 1.98. The number of halogens is 1. The van der Waals surface area contributed by atoms with Crippen molar-refractivity contribution < 1.29 is 4.39 Å². The molecule has 0 aliphatic carbocycles. The minimum absolute atomic E-state index is 0.0569. The van der Waals surface area contributed by atoms with Crippen LogP contribution in [-0.2, 0) is 0 Å². The Hall–Kier alpha value is -1.40. The molecule has 2 N–H and O–H groups in total. The van der Waals surface area contributed by atoms with Crippen LogP contribution in [0, 0.1) is 17.1 Å². The minimum Gasteiger partial charge on any atom is -0.324 e. The molecule has 1 aromatic carbocycles. The van der Waals surface area contributed by atoms with Crippen LogP contribution in [0.4, 0.5) is 4.39 Å². The molecule has 0 amide bonds. The number of hydrogen-bond donors (Lipinski definition) is 1. The zero-order valence-electron chi connectivity index (χ0n) is 7.42. The van der Waals surface area contributed by atoms with Crippen molar-refractivity contribution in [2.24, 2.45) is 5.73 Å². The van der Waals surface area contributed by atoms with Gasteiger partial charge in [-0.25, -0.2) is 4.39 Å². The minimum atomic E-state index is -0.491. The Kier molecular flexibility index (Phi) is 2.99. The van der Waals surface area contributed by atoms with E-state index in [4.69, 9.17) is 11.0 Å². The Balaban J connectivity index is 3.08. The van der Waals surface area contributed by atoms with E-state index < -0.39 is 5.82 Å². The largest absolute Gasteiger partial charge is 0.324 e. The number of benzene rings is 1. The first kappa shape index (κ1) is 9.69. The Labute approximate surface area is 76.8 Å². The van der Waals surface area contributed by atoms with Crippen molar-refractivity contribution in [1.82, 2.24) is 0 Å². The second-order valence-corrected chi connectivity index (χ2v) is 2.87. The van der Waals surface area contributed by atoms with Crippen LogP contribution in [0.15, 0.2) is 18.2 Å². The van der Waals surface area contributed by atoms with Crippen molar-refractivity contribution in [1.29, 1.82) is 5.26 Å². The zero-order valence-corrected chi connectivity index (χ0v) is 7.42. The van der Waals surface area contributed by atoms with Gasteiger partial charge in [-0.3, -0.25) is 0 Å². The fourth-order valence-corrected chi connectivity index (χ4v) is 1.09. The highest BCUT2D eigenvalue weighted by molar-refractivity contribution is 5.35. The summed E-state index contributed by atoms with van der Waals surface area (Å²) in [5.41, 5.74) is 6.60. The molecule has 0 saturated heterocycles. The van der Waals surface area contributed by atoms with E-state index in [9.17, 15) is 4.39 Å². The Morgan fingerprint density at radius 2 is 2.31 bits per heavy atom. The summed E-state index contributed by atoms with van der Waals surface area (Å²) >= 11 is 0.